The summed E-state index contributed by atoms with van der Waals surface area (Å²) < 4.78 is 5.20. The number of amides is 1. The molecule has 0 radical (unpaired) electrons. The predicted octanol–water partition coefficient (Wildman–Crippen LogP) is 0.363. The Morgan fingerprint density at radius 3 is 2.29 bits per heavy atom. The molecule has 0 aliphatic carbocycles. The third kappa shape index (κ3) is 2.25. The minimum absolute atomic E-state index is 0.0748. The molecular weight excluding hydrogens is 180 g/mol. The van der Waals surface area contributed by atoms with Crippen LogP contribution >= 0.6 is 0 Å². The Morgan fingerprint density at radius 2 is 1.86 bits per heavy atom. The second-order valence-corrected chi connectivity index (χ2v) is 3.77. The minimum Gasteiger partial charge on any atom is -0.378 e. The average molecular weight is 200 g/mol. The first-order valence-electron chi connectivity index (χ1n) is 5.30. The zero-order valence-electron chi connectivity index (χ0n) is 9.08. The second-order valence-electron chi connectivity index (χ2n) is 3.77. The predicted molar refractivity (Wildman–Crippen MR) is 54.9 cm³/mol. The number of carbonyl (C=O) groups excluding carboxylic acids is 1. The van der Waals surface area contributed by atoms with Gasteiger partial charge in [-0.3, -0.25) is 4.79 Å². The lowest BCUT2D eigenvalue weighted by atomic mass is 9.92. The summed E-state index contributed by atoms with van der Waals surface area (Å²) in [5.74, 6) is 0.0748. The quantitative estimate of drug-likeness (QED) is 0.715. The zero-order chi connectivity index (χ0) is 10.6. The number of hydrogen-bond donors (Lipinski definition) is 1. The Labute approximate surface area is 85.4 Å². The van der Waals surface area contributed by atoms with Crippen molar-refractivity contribution in [3.05, 3.63) is 0 Å². The van der Waals surface area contributed by atoms with Gasteiger partial charge in [0.05, 0.1) is 18.8 Å². The molecule has 0 saturated carbocycles. The highest BCUT2D eigenvalue weighted by atomic mass is 16.5. The van der Waals surface area contributed by atoms with Crippen LogP contribution in [0.3, 0.4) is 0 Å². The largest absolute Gasteiger partial charge is 0.378 e. The number of ether oxygens (including phenoxy) is 1. The van der Waals surface area contributed by atoms with Crippen molar-refractivity contribution in [1.82, 2.24) is 4.90 Å². The van der Waals surface area contributed by atoms with Gasteiger partial charge >= 0.3 is 0 Å². The van der Waals surface area contributed by atoms with Crippen LogP contribution in [0.15, 0.2) is 0 Å². The van der Waals surface area contributed by atoms with Gasteiger partial charge in [0.1, 0.15) is 0 Å². The van der Waals surface area contributed by atoms with Gasteiger partial charge < -0.3 is 15.4 Å². The molecule has 4 heteroatoms. The fraction of sp³-hybridized carbons (Fsp3) is 0.900. The molecule has 1 aliphatic heterocycles. The molecule has 14 heavy (non-hydrogen) atoms. The molecule has 0 aromatic carbocycles. The number of rotatable bonds is 3. The van der Waals surface area contributed by atoms with Gasteiger partial charge in [0, 0.05) is 13.1 Å². The summed E-state index contributed by atoms with van der Waals surface area (Å²) in [5, 5.41) is 0. The Morgan fingerprint density at radius 1 is 1.36 bits per heavy atom. The van der Waals surface area contributed by atoms with Gasteiger partial charge in [-0.1, -0.05) is 13.8 Å². The fourth-order valence-corrected chi connectivity index (χ4v) is 1.63. The van der Waals surface area contributed by atoms with Crippen molar-refractivity contribution < 1.29 is 9.53 Å². The minimum atomic E-state index is -0.669. The van der Waals surface area contributed by atoms with E-state index in [0.29, 0.717) is 39.1 Å². The Bertz CT molecular complexity index is 196. The van der Waals surface area contributed by atoms with E-state index in [1.165, 1.54) is 0 Å². The maximum absolute atomic E-state index is 12.0. The van der Waals surface area contributed by atoms with Gasteiger partial charge in [0.2, 0.25) is 5.91 Å². The Balaban J connectivity index is 2.61. The molecule has 0 aromatic rings. The summed E-state index contributed by atoms with van der Waals surface area (Å²) in [7, 11) is 0. The molecule has 1 rings (SSSR count). The van der Waals surface area contributed by atoms with Crippen molar-refractivity contribution in [2.24, 2.45) is 5.73 Å². The molecule has 0 spiro atoms. The second kappa shape index (κ2) is 4.75. The molecule has 1 heterocycles. The topological polar surface area (TPSA) is 55.6 Å². The van der Waals surface area contributed by atoms with Crippen molar-refractivity contribution in [2.75, 3.05) is 26.3 Å². The molecule has 2 N–H and O–H groups in total. The highest BCUT2D eigenvalue weighted by Gasteiger charge is 2.34. The molecule has 4 nitrogen and oxygen atoms in total. The highest BCUT2D eigenvalue weighted by Crippen LogP contribution is 2.15. The Kier molecular flexibility index (Phi) is 3.89. The van der Waals surface area contributed by atoms with Crippen LogP contribution in [0.2, 0.25) is 0 Å². The van der Waals surface area contributed by atoms with Crippen LogP contribution in [-0.4, -0.2) is 42.6 Å². The third-order valence-electron chi connectivity index (χ3n) is 2.99. The molecule has 1 aliphatic rings. The SMILES string of the molecule is CCC(N)(CC)C(=O)N1CCOCC1. The van der Waals surface area contributed by atoms with E-state index in [0.717, 1.165) is 0 Å². The fourth-order valence-electron chi connectivity index (χ4n) is 1.63. The third-order valence-corrected chi connectivity index (χ3v) is 2.99. The number of carbonyl (C=O) groups is 1. The standard InChI is InChI=1S/C10H20N2O2/c1-3-10(11,4-2)9(13)12-5-7-14-8-6-12/h3-8,11H2,1-2H3. The first-order valence-corrected chi connectivity index (χ1v) is 5.30. The van der Waals surface area contributed by atoms with Crippen molar-refractivity contribution in [3.8, 4) is 0 Å². The van der Waals surface area contributed by atoms with E-state index in [1.807, 2.05) is 18.7 Å². The van der Waals surface area contributed by atoms with Crippen molar-refractivity contribution in [3.63, 3.8) is 0 Å². The lowest BCUT2D eigenvalue weighted by Crippen LogP contribution is -2.57. The molecule has 1 saturated heterocycles. The summed E-state index contributed by atoms with van der Waals surface area (Å²) >= 11 is 0. The highest BCUT2D eigenvalue weighted by molar-refractivity contribution is 5.86. The molecule has 0 unspecified atom stereocenters. The van der Waals surface area contributed by atoms with E-state index in [1.54, 1.807) is 0 Å². The number of nitrogens with two attached hydrogens (primary N) is 1. The summed E-state index contributed by atoms with van der Waals surface area (Å²) in [6.45, 7) is 6.55. The van der Waals surface area contributed by atoms with E-state index in [2.05, 4.69) is 0 Å². The maximum Gasteiger partial charge on any atom is 0.242 e. The molecule has 82 valence electrons. The van der Waals surface area contributed by atoms with Crippen molar-refractivity contribution in [1.29, 1.82) is 0 Å². The maximum atomic E-state index is 12.0. The van der Waals surface area contributed by atoms with Crippen LogP contribution in [0.1, 0.15) is 26.7 Å². The van der Waals surface area contributed by atoms with Crippen LogP contribution in [-0.2, 0) is 9.53 Å². The van der Waals surface area contributed by atoms with Gasteiger partial charge in [-0.25, -0.2) is 0 Å². The summed E-state index contributed by atoms with van der Waals surface area (Å²) in [4.78, 5) is 13.8. The monoisotopic (exact) mass is 200 g/mol. The van der Waals surface area contributed by atoms with Gasteiger partial charge in [-0.05, 0) is 12.8 Å². The van der Waals surface area contributed by atoms with Crippen LogP contribution in [0, 0.1) is 0 Å². The first-order chi connectivity index (χ1) is 6.64. The number of morpholine rings is 1. The number of hydrogen-bond acceptors (Lipinski definition) is 3. The summed E-state index contributed by atoms with van der Waals surface area (Å²) in [6.07, 6.45) is 1.39. The molecule has 0 bridgehead atoms. The number of nitrogens with zero attached hydrogens (tertiary/aromatic N) is 1. The normalized spacial score (nSPS) is 18.4. The smallest absolute Gasteiger partial charge is 0.242 e. The van der Waals surface area contributed by atoms with E-state index in [9.17, 15) is 4.79 Å². The van der Waals surface area contributed by atoms with Crippen molar-refractivity contribution >= 4 is 5.91 Å². The molecule has 0 atom stereocenters. The summed E-state index contributed by atoms with van der Waals surface area (Å²) in [6, 6.07) is 0. The van der Waals surface area contributed by atoms with Gasteiger partial charge in [0.15, 0.2) is 0 Å². The average Bonchev–Trinajstić information content (AvgIpc) is 2.28. The van der Waals surface area contributed by atoms with E-state index >= 15 is 0 Å². The first kappa shape index (κ1) is 11.5. The zero-order valence-corrected chi connectivity index (χ0v) is 9.08. The van der Waals surface area contributed by atoms with Crippen molar-refractivity contribution in [2.45, 2.75) is 32.2 Å². The molecular formula is C10H20N2O2. The summed E-state index contributed by atoms with van der Waals surface area (Å²) in [5.41, 5.74) is 5.37. The van der Waals surface area contributed by atoms with Crippen LogP contribution < -0.4 is 5.73 Å². The lowest BCUT2D eigenvalue weighted by molar-refractivity contribution is -0.141. The van der Waals surface area contributed by atoms with Gasteiger partial charge in [-0.15, -0.1) is 0 Å². The Hall–Kier alpha value is -0.610. The molecule has 0 aromatic heterocycles. The van der Waals surface area contributed by atoms with Crippen LogP contribution in [0.4, 0.5) is 0 Å². The van der Waals surface area contributed by atoms with E-state index in [4.69, 9.17) is 10.5 Å². The van der Waals surface area contributed by atoms with Crippen LogP contribution in [0.5, 0.6) is 0 Å². The van der Waals surface area contributed by atoms with Crippen LogP contribution in [0.25, 0.3) is 0 Å². The van der Waals surface area contributed by atoms with E-state index < -0.39 is 5.54 Å². The molecule has 1 amide bonds. The molecule has 1 fully saturated rings. The van der Waals surface area contributed by atoms with Gasteiger partial charge in [-0.2, -0.15) is 0 Å². The van der Waals surface area contributed by atoms with E-state index in [-0.39, 0.29) is 5.91 Å². The lowest BCUT2D eigenvalue weighted by Gasteiger charge is -2.35. The van der Waals surface area contributed by atoms with Gasteiger partial charge in [0.25, 0.3) is 0 Å².